The Morgan fingerprint density at radius 1 is 0.790 bits per heavy atom. The second-order valence-electron chi connectivity index (χ2n) is 19.6. The van der Waals surface area contributed by atoms with Gasteiger partial charge in [-0.1, -0.05) is 73.6 Å². The average molecular weight is 925 g/mol. The first kappa shape index (κ1) is 57.2. The molecule has 62 heavy (non-hydrogen) atoms. The molecule has 14 nitrogen and oxygen atoms in total. The van der Waals surface area contributed by atoms with E-state index >= 15 is 0 Å². The molecule has 2 saturated carbocycles. The first-order valence-electron chi connectivity index (χ1n) is 24.3. The van der Waals surface area contributed by atoms with E-state index in [1.807, 2.05) is 7.05 Å². The molecule has 0 saturated heterocycles. The summed E-state index contributed by atoms with van der Waals surface area (Å²) < 4.78 is 82.9. The molecule has 0 radical (unpaired) electrons. The SMILES string of the molecule is CCCCCCCCNC(=O)CC[C@@H](C)[C@H]1CC[C@@H](C)[C@]1(C)[C@H](C[C@@H](C)[C@@]1(C)CC[C@@H](OCCCNCS(=O)(=O)O)CC1C[C@H](C)OCCCNC)OCCCNCS(=O)(=O)O. The van der Waals surface area contributed by atoms with Crippen LogP contribution >= 0.6 is 0 Å². The van der Waals surface area contributed by atoms with Gasteiger partial charge in [-0.05, 0) is 151 Å². The second-order valence-corrected chi connectivity index (χ2v) is 22.5. The molecular weight excluding hydrogens is 833 g/mol. The normalized spacial score (nSPS) is 26.6. The molecule has 0 aromatic rings. The zero-order valence-corrected chi connectivity index (χ0v) is 41.8. The van der Waals surface area contributed by atoms with E-state index < -0.39 is 32.0 Å². The summed E-state index contributed by atoms with van der Waals surface area (Å²) in [4.78, 5) is 13.0. The minimum Gasteiger partial charge on any atom is -0.378 e. The van der Waals surface area contributed by atoms with E-state index in [0.29, 0.717) is 81.8 Å². The Bertz CT molecular complexity index is 1440. The molecule has 0 spiro atoms. The maximum Gasteiger partial charge on any atom is 0.278 e. The Morgan fingerprint density at radius 3 is 2.05 bits per heavy atom. The third-order valence-electron chi connectivity index (χ3n) is 14.8. The fourth-order valence-electron chi connectivity index (χ4n) is 10.6. The molecular formula is C46H92N4O10S2. The van der Waals surface area contributed by atoms with Crippen LogP contribution in [0.3, 0.4) is 0 Å². The van der Waals surface area contributed by atoms with Crippen LogP contribution in [0.4, 0.5) is 0 Å². The Balaban J connectivity index is 2.26. The van der Waals surface area contributed by atoms with Gasteiger partial charge in [-0.2, -0.15) is 16.8 Å². The fourth-order valence-corrected chi connectivity index (χ4v) is 11.4. The van der Waals surface area contributed by atoms with Crippen molar-refractivity contribution in [3.63, 3.8) is 0 Å². The summed E-state index contributed by atoms with van der Waals surface area (Å²) in [6, 6.07) is 0. The van der Waals surface area contributed by atoms with Gasteiger partial charge in [0.1, 0.15) is 11.8 Å². The van der Waals surface area contributed by atoms with Crippen molar-refractivity contribution in [3.8, 4) is 0 Å². The third-order valence-corrected chi connectivity index (χ3v) is 16.0. The van der Waals surface area contributed by atoms with Crippen molar-refractivity contribution in [2.75, 3.05) is 64.8 Å². The van der Waals surface area contributed by atoms with Gasteiger partial charge in [-0.3, -0.25) is 13.9 Å². The number of rotatable bonds is 36. The van der Waals surface area contributed by atoms with Crippen molar-refractivity contribution in [3.05, 3.63) is 0 Å². The van der Waals surface area contributed by atoms with Gasteiger partial charge in [0, 0.05) is 32.8 Å². The van der Waals surface area contributed by atoms with Gasteiger partial charge in [-0.25, -0.2) is 0 Å². The Hall–Kier alpha value is -0.950. The summed E-state index contributed by atoms with van der Waals surface area (Å²) in [6.45, 7) is 20.5. The quantitative estimate of drug-likeness (QED) is 0.0266. The van der Waals surface area contributed by atoms with E-state index in [9.17, 15) is 26.2 Å². The highest BCUT2D eigenvalue weighted by atomic mass is 32.2. The van der Waals surface area contributed by atoms with Crippen LogP contribution in [-0.4, -0.2) is 115 Å². The molecule has 2 aliphatic rings. The van der Waals surface area contributed by atoms with Crippen LogP contribution in [-0.2, 0) is 39.2 Å². The molecule has 0 aromatic carbocycles. The van der Waals surface area contributed by atoms with Gasteiger partial charge < -0.3 is 35.5 Å². The molecule has 1 amide bonds. The smallest absolute Gasteiger partial charge is 0.278 e. The highest BCUT2D eigenvalue weighted by Gasteiger charge is 2.53. The van der Waals surface area contributed by atoms with Gasteiger partial charge in [0.15, 0.2) is 0 Å². The van der Waals surface area contributed by atoms with E-state index in [-0.39, 0.29) is 35.0 Å². The first-order valence-corrected chi connectivity index (χ1v) is 27.6. The zero-order valence-electron chi connectivity index (χ0n) is 40.2. The van der Waals surface area contributed by atoms with E-state index in [1.165, 1.54) is 25.7 Å². The number of amides is 1. The average Bonchev–Trinajstić information content (AvgIpc) is 3.51. The standard InChI is InChI=1S/C46H92N4O10S2/c1-9-10-11-12-13-14-27-50-44(51)21-18-36(2)42-20-19-37(3)46(42,7)43(60-30-17-26-49-35-62(55,56)57)31-38(4)45(6)23-22-41(59-29-16-25-48-34-61(52,53)54)33-40(45)32-39(5)58-28-15-24-47-8/h36-43,47-49H,9-35H2,1-8H3,(H,50,51)(H,52,53,54)(H,55,56,57)/t36-,37-,38-,39+,40?,41-,42-,43+,45-,46+/m1/s1. The number of nitrogens with one attached hydrogen (secondary N) is 4. The van der Waals surface area contributed by atoms with Crippen LogP contribution < -0.4 is 21.3 Å². The molecule has 0 bridgehead atoms. The molecule has 2 rings (SSSR count). The lowest BCUT2D eigenvalue weighted by Crippen LogP contribution is -2.48. The van der Waals surface area contributed by atoms with E-state index in [4.69, 9.17) is 18.8 Å². The maximum absolute atomic E-state index is 13.0. The minimum absolute atomic E-state index is 0.0223. The largest absolute Gasteiger partial charge is 0.378 e. The number of hydrogen-bond acceptors (Lipinski definition) is 11. The van der Waals surface area contributed by atoms with Gasteiger partial charge in [-0.15, -0.1) is 0 Å². The van der Waals surface area contributed by atoms with Crippen LogP contribution in [0, 0.1) is 40.4 Å². The molecule has 16 heteroatoms. The van der Waals surface area contributed by atoms with Gasteiger partial charge >= 0.3 is 0 Å². The number of hydrogen-bond donors (Lipinski definition) is 6. The fraction of sp³-hybridized carbons (Fsp3) is 0.978. The van der Waals surface area contributed by atoms with Gasteiger partial charge in [0.2, 0.25) is 5.91 Å². The molecule has 2 fully saturated rings. The third kappa shape index (κ3) is 21.6. The summed E-state index contributed by atoms with van der Waals surface area (Å²) in [5.41, 5.74) is -0.157. The lowest BCUT2D eigenvalue weighted by molar-refractivity contribution is -0.122. The summed E-state index contributed by atoms with van der Waals surface area (Å²) in [5, 5.41) is 12.0. The van der Waals surface area contributed by atoms with E-state index in [2.05, 4.69) is 69.7 Å². The number of carbonyl (C=O) groups excluding carboxylic acids is 1. The van der Waals surface area contributed by atoms with Crippen molar-refractivity contribution >= 4 is 26.1 Å². The summed E-state index contributed by atoms with van der Waals surface area (Å²) in [5.74, 6) is 0.947. The van der Waals surface area contributed by atoms with Gasteiger partial charge in [0.25, 0.3) is 20.2 Å². The Kier molecular flexibility index (Phi) is 27.3. The van der Waals surface area contributed by atoms with Crippen molar-refractivity contribution in [2.24, 2.45) is 40.4 Å². The highest BCUT2D eigenvalue weighted by Crippen LogP contribution is 2.58. The monoisotopic (exact) mass is 925 g/mol. The van der Waals surface area contributed by atoms with Gasteiger partial charge in [0.05, 0.1) is 18.3 Å². The first-order chi connectivity index (χ1) is 29.3. The van der Waals surface area contributed by atoms with Crippen molar-refractivity contribution in [1.29, 1.82) is 0 Å². The Morgan fingerprint density at radius 2 is 1.40 bits per heavy atom. The molecule has 0 aromatic heterocycles. The summed E-state index contributed by atoms with van der Waals surface area (Å²) >= 11 is 0. The number of unbranched alkanes of at least 4 members (excludes halogenated alkanes) is 5. The lowest BCUT2D eigenvalue weighted by Gasteiger charge is -2.52. The molecule has 10 atom stereocenters. The lowest BCUT2D eigenvalue weighted by atomic mass is 9.56. The highest BCUT2D eigenvalue weighted by molar-refractivity contribution is 7.85. The van der Waals surface area contributed by atoms with E-state index in [1.54, 1.807) is 0 Å². The van der Waals surface area contributed by atoms with Crippen LogP contribution in [0.15, 0.2) is 0 Å². The van der Waals surface area contributed by atoms with Crippen LogP contribution in [0.1, 0.15) is 164 Å². The predicted octanol–water partition coefficient (Wildman–Crippen LogP) is 7.59. The van der Waals surface area contributed by atoms with Crippen molar-refractivity contribution in [2.45, 2.75) is 182 Å². The number of carbonyl (C=O) groups is 1. The number of ether oxygens (including phenoxy) is 3. The zero-order chi connectivity index (χ0) is 46.2. The van der Waals surface area contributed by atoms with E-state index in [0.717, 1.165) is 83.7 Å². The van der Waals surface area contributed by atoms with Crippen LogP contribution in [0.2, 0.25) is 0 Å². The van der Waals surface area contributed by atoms with Crippen molar-refractivity contribution < 1.29 is 44.9 Å². The molecule has 0 heterocycles. The predicted molar refractivity (Wildman–Crippen MR) is 250 cm³/mol. The maximum atomic E-state index is 13.0. The minimum atomic E-state index is -4.11. The molecule has 2 aliphatic carbocycles. The second kappa shape index (κ2) is 29.6. The summed E-state index contributed by atoms with van der Waals surface area (Å²) in [7, 11) is -6.21. The molecule has 0 aliphatic heterocycles. The summed E-state index contributed by atoms with van der Waals surface area (Å²) in [6.07, 6.45) is 17.6. The molecule has 6 N–H and O–H groups in total. The van der Waals surface area contributed by atoms with Crippen LogP contribution in [0.5, 0.6) is 0 Å². The molecule has 1 unspecified atom stereocenters. The van der Waals surface area contributed by atoms with Crippen LogP contribution in [0.25, 0.3) is 0 Å². The van der Waals surface area contributed by atoms with Crippen molar-refractivity contribution in [1.82, 2.24) is 21.3 Å². The Labute approximate surface area is 378 Å². The molecule has 368 valence electrons. The topological polar surface area (TPSA) is 202 Å².